The summed E-state index contributed by atoms with van der Waals surface area (Å²) in [5, 5.41) is 0. The molecule has 0 fully saturated rings. The lowest BCUT2D eigenvalue weighted by Gasteiger charge is -2.17. The lowest BCUT2D eigenvalue weighted by Crippen LogP contribution is -2.31. The molecule has 0 unspecified atom stereocenters. The number of likely N-dealkylation sites (N-methyl/N-ethyl adjacent to an activating group) is 1. The predicted molar refractivity (Wildman–Crippen MR) is 48.6 cm³/mol. The Morgan fingerprint density at radius 3 is 2.33 bits per heavy atom. The van der Waals surface area contributed by atoms with Gasteiger partial charge in [-0.3, -0.25) is 0 Å². The highest BCUT2D eigenvalue weighted by Gasteiger charge is 2.09. The minimum atomic E-state index is -2.45. The third-order valence-electron chi connectivity index (χ3n) is 1.52. The number of rotatable bonds is 6. The van der Waals surface area contributed by atoms with Gasteiger partial charge in [0.05, 0.1) is 6.10 Å². The Kier molecular flexibility index (Phi) is 6.32. The average Bonchev–Trinajstić information content (AvgIpc) is 2.00. The van der Waals surface area contributed by atoms with Gasteiger partial charge >= 0.3 is 0 Å². The number of thiol groups is 1. The maximum atomic E-state index is 10.6. The van der Waals surface area contributed by atoms with E-state index in [0.717, 1.165) is 0 Å². The summed E-state index contributed by atoms with van der Waals surface area (Å²) in [6.07, 6.45) is -0.0251. The van der Waals surface area contributed by atoms with Gasteiger partial charge in [-0.05, 0) is 13.8 Å². The van der Waals surface area contributed by atoms with Crippen molar-refractivity contribution in [2.45, 2.75) is 26.9 Å². The zero-order valence-electron chi connectivity index (χ0n) is 7.82. The van der Waals surface area contributed by atoms with Crippen molar-refractivity contribution < 1.29 is 13.2 Å². The number of nitrogens with zero attached hydrogens (tertiary/aromatic N) is 1. The molecule has 1 atom stereocenters. The zero-order valence-corrected chi connectivity index (χ0v) is 8.71. The Balaban J connectivity index is 3.85. The normalized spacial score (nSPS) is 14.1. The smallest absolute Gasteiger partial charge is 0.204 e. The van der Waals surface area contributed by atoms with Gasteiger partial charge in [0.15, 0.2) is 0 Å². The van der Waals surface area contributed by atoms with E-state index >= 15 is 0 Å². The van der Waals surface area contributed by atoms with Crippen molar-refractivity contribution in [3.63, 3.8) is 0 Å². The van der Waals surface area contributed by atoms with Crippen molar-refractivity contribution in [3.8, 4) is 0 Å². The fourth-order valence-electron chi connectivity index (χ4n) is 0.945. The summed E-state index contributed by atoms with van der Waals surface area (Å²) in [7, 11) is -2.45. The van der Waals surface area contributed by atoms with Gasteiger partial charge in [-0.1, -0.05) is 6.92 Å². The molecular weight excluding hydrogens is 178 g/mol. The zero-order chi connectivity index (χ0) is 9.56. The molecule has 12 heavy (non-hydrogen) atoms. The maximum Gasteiger partial charge on any atom is 0.204 e. The molecule has 0 spiro atoms. The van der Waals surface area contributed by atoms with Gasteiger partial charge in [-0.2, -0.15) is 0 Å². The monoisotopic (exact) mass is 195 g/mol. The maximum absolute atomic E-state index is 10.6. The molecule has 0 amide bonds. The van der Waals surface area contributed by atoms with Gasteiger partial charge in [0.1, 0.15) is 0 Å². The van der Waals surface area contributed by atoms with Gasteiger partial charge < -0.3 is 4.74 Å². The van der Waals surface area contributed by atoms with Crippen LogP contribution in [0.3, 0.4) is 0 Å². The molecule has 5 heteroatoms. The first kappa shape index (κ1) is 11.9. The van der Waals surface area contributed by atoms with Crippen molar-refractivity contribution in [1.82, 2.24) is 4.31 Å². The summed E-state index contributed by atoms with van der Waals surface area (Å²) in [4.78, 5) is 0. The van der Waals surface area contributed by atoms with Crippen LogP contribution in [-0.2, 0) is 15.6 Å². The first-order valence-corrected chi connectivity index (χ1v) is 5.25. The van der Waals surface area contributed by atoms with Crippen LogP contribution in [0.2, 0.25) is 0 Å². The van der Waals surface area contributed by atoms with Crippen molar-refractivity contribution in [2.75, 3.05) is 19.7 Å². The molecule has 0 radical (unpaired) electrons. The summed E-state index contributed by atoms with van der Waals surface area (Å²) in [6, 6.07) is 0. The van der Waals surface area contributed by atoms with Crippen LogP contribution >= 0.6 is 0 Å². The lowest BCUT2D eigenvalue weighted by atomic mass is 10.4. The first-order valence-electron chi connectivity index (χ1n) is 4.12. The highest BCUT2D eigenvalue weighted by Crippen LogP contribution is 1.96. The van der Waals surface area contributed by atoms with Crippen LogP contribution < -0.4 is 0 Å². The molecule has 0 aliphatic heterocycles. The SMILES string of the molecule is CCO[C@@H](C)CN(CC)[SH](=O)=O. The summed E-state index contributed by atoms with van der Waals surface area (Å²) in [5.41, 5.74) is 0. The first-order chi connectivity index (χ1) is 5.61. The molecule has 0 saturated heterocycles. The van der Waals surface area contributed by atoms with E-state index in [-0.39, 0.29) is 6.10 Å². The van der Waals surface area contributed by atoms with Crippen LogP contribution in [0.5, 0.6) is 0 Å². The summed E-state index contributed by atoms with van der Waals surface area (Å²) in [5.74, 6) is 0. The van der Waals surface area contributed by atoms with E-state index in [9.17, 15) is 8.42 Å². The quantitative estimate of drug-likeness (QED) is 0.618. The Morgan fingerprint density at radius 1 is 1.42 bits per heavy atom. The molecule has 74 valence electrons. The fourth-order valence-corrected chi connectivity index (χ4v) is 1.54. The Morgan fingerprint density at radius 2 is 2.00 bits per heavy atom. The standard InChI is InChI=1S/C7H17NO3S/c1-4-8(12(9)10)6-7(3)11-5-2/h7,12H,4-6H2,1-3H3/t7-/m0/s1. The van der Waals surface area contributed by atoms with Crippen LogP contribution in [0, 0.1) is 0 Å². The Labute approximate surface area is 75.6 Å². The number of ether oxygens (including phenoxy) is 1. The van der Waals surface area contributed by atoms with Gasteiger partial charge in [0.2, 0.25) is 10.9 Å². The van der Waals surface area contributed by atoms with Crippen LogP contribution in [0.25, 0.3) is 0 Å². The van der Waals surface area contributed by atoms with Gasteiger partial charge in [-0.15, -0.1) is 0 Å². The third kappa shape index (κ3) is 4.69. The predicted octanol–water partition coefficient (Wildman–Crippen LogP) is 0.260. The van der Waals surface area contributed by atoms with E-state index in [1.165, 1.54) is 4.31 Å². The summed E-state index contributed by atoms with van der Waals surface area (Å²) in [6.45, 7) is 7.15. The third-order valence-corrected chi connectivity index (χ3v) is 2.42. The van der Waals surface area contributed by atoms with Crippen LogP contribution in [-0.4, -0.2) is 38.5 Å². The van der Waals surface area contributed by atoms with E-state index in [1.807, 2.05) is 20.8 Å². The second-order valence-electron chi connectivity index (χ2n) is 2.51. The Hall–Kier alpha value is -0.130. The summed E-state index contributed by atoms with van der Waals surface area (Å²) < 4.78 is 27.7. The minimum Gasteiger partial charge on any atom is -0.377 e. The van der Waals surface area contributed by atoms with Crippen LogP contribution in [0.4, 0.5) is 0 Å². The fraction of sp³-hybridized carbons (Fsp3) is 1.00. The molecule has 0 aliphatic carbocycles. The molecule has 0 rings (SSSR count). The number of hydrogen-bond donors (Lipinski definition) is 1. The molecule has 0 aromatic carbocycles. The van der Waals surface area contributed by atoms with Crippen LogP contribution in [0.15, 0.2) is 0 Å². The molecule has 0 heterocycles. The molecule has 0 aromatic heterocycles. The van der Waals surface area contributed by atoms with E-state index in [4.69, 9.17) is 4.74 Å². The minimum absolute atomic E-state index is 0.0251. The van der Waals surface area contributed by atoms with Gasteiger partial charge in [-0.25, -0.2) is 12.7 Å². The van der Waals surface area contributed by atoms with E-state index in [0.29, 0.717) is 19.7 Å². The summed E-state index contributed by atoms with van der Waals surface area (Å²) >= 11 is 0. The van der Waals surface area contributed by atoms with Gasteiger partial charge in [0, 0.05) is 19.7 Å². The van der Waals surface area contributed by atoms with Crippen LogP contribution in [0.1, 0.15) is 20.8 Å². The van der Waals surface area contributed by atoms with Crippen molar-refractivity contribution in [2.24, 2.45) is 0 Å². The second kappa shape index (κ2) is 6.39. The van der Waals surface area contributed by atoms with Crippen molar-refractivity contribution in [3.05, 3.63) is 0 Å². The van der Waals surface area contributed by atoms with Crippen molar-refractivity contribution >= 4 is 10.9 Å². The molecular formula is C7H17NO3S. The topological polar surface area (TPSA) is 46.6 Å². The lowest BCUT2D eigenvalue weighted by molar-refractivity contribution is 0.0636. The second-order valence-corrected chi connectivity index (χ2v) is 3.55. The largest absolute Gasteiger partial charge is 0.377 e. The van der Waals surface area contributed by atoms with E-state index < -0.39 is 10.9 Å². The van der Waals surface area contributed by atoms with E-state index in [1.54, 1.807) is 0 Å². The molecule has 0 saturated carbocycles. The average molecular weight is 195 g/mol. The number of hydrogen-bond acceptors (Lipinski definition) is 3. The molecule has 0 N–H and O–H groups in total. The van der Waals surface area contributed by atoms with Gasteiger partial charge in [0.25, 0.3) is 0 Å². The highest BCUT2D eigenvalue weighted by molar-refractivity contribution is 7.69. The Bertz CT molecular complexity index is 173. The highest BCUT2D eigenvalue weighted by atomic mass is 32.2. The molecule has 0 aliphatic rings. The molecule has 0 bridgehead atoms. The molecule has 0 aromatic rings. The van der Waals surface area contributed by atoms with Crippen molar-refractivity contribution in [1.29, 1.82) is 0 Å². The molecule has 4 nitrogen and oxygen atoms in total. The van der Waals surface area contributed by atoms with E-state index in [2.05, 4.69) is 0 Å².